The van der Waals surface area contributed by atoms with Gasteiger partial charge in [-0.25, -0.2) is 12.8 Å². The van der Waals surface area contributed by atoms with Crippen molar-refractivity contribution in [3.63, 3.8) is 0 Å². The summed E-state index contributed by atoms with van der Waals surface area (Å²) in [7, 11) is -3.63. The third kappa shape index (κ3) is 4.25. The molecule has 1 aromatic rings. The number of hydrogen-bond donors (Lipinski definition) is 2. The van der Waals surface area contributed by atoms with Crippen molar-refractivity contribution in [1.29, 1.82) is 0 Å². The lowest BCUT2D eigenvalue weighted by atomic mass is 10.3. The van der Waals surface area contributed by atoms with Crippen LogP contribution < -0.4 is 10.2 Å². The van der Waals surface area contributed by atoms with Crippen LogP contribution in [0.25, 0.3) is 0 Å². The molecule has 2 rings (SSSR count). The highest BCUT2D eigenvalue weighted by atomic mass is 32.2. The van der Waals surface area contributed by atoms with Crippen LogP contribution in [0.3, 0.4) is 0 Å². The molecule has 1 saturated heterocycles. The van der Waals surface area contributed by atoms with E-state index in [4.69, 9.17) is 0 Å². The van der Waals surface area contributed by atoms with Crippen LogP contribution in [0.15, 0.2) is 29.2 Å². The van der Waals surface area contributed by atoms with Gasteiger partial charge in [-0.1, -0.05) is 6.07 Å². The number of benzene rings is 1. The minimum Gasteiger partial charge on any atom is -0.351 e. The smallest absolute Gasteiger partial charge is 0.243 e. The Morgan fingerprint density at radius 1 is 1.36 bits per heavy atom. The fourth-order valence-corrected chi connectivity index (χ4v) is 3.96. The van der Waals surface area contributed by atoms with Crippen LogP contribution in [-0.2, 0) is 14.8 Å². The second-order valence-electron chi connectivity index (χ2n) is 5.34. The van der Waals surface area contributed by atoms with Gasteiger partial charge in [-0.3, -0.25) is 4.79 Å². The van der Waals surface area contributed by atoms with Crippen molar-refractivity contribution >= 4 is 15.9 Å². The Morgan fingerprint density at radius 3 is 2.64 bits per heavy atom. The number of nitrogens with one attached hydrogen (secondary N) is 2. The van der Waals surface area contributed by atoms with Gasteiger partial charge in [0.15, 0.2) is 0 Å². The first-order chi connectivity index (χ1) is 10.4. The Morgan fingerprint density at radius 2 is 2.05 bits per heavy atom. The molecule has 1 aromatic carbocycles. The molecule has 0 bridgehead atoms. The Balaban J connectivity index is 1.92. The van der Waals surface area contributed by atoms with E-state index in [0.717, 1.165) is 12.6 Å². The molecule has 8 heteroatoms. The first kappa shape index (κ1) is 16.9. The number of amides is 1. The van der Waals surface area contributed by atoms with Gasteiger partial charge >= 0.3 is 0 Å². The zero-order valence-electron chi connectivity index (χ0n) is 12.5. The fourth-order valence-electron chi connectivity index (χ4n) is 2.48. The molecule has 0 unspecified atom stereocenters. The number of nitrogens with zero attached hydrogens (tertiary/aromatic N) is 1. The number of carbonyl (C=O) groups excluding carboxylic acids is 1. The molecule has 0 aromatic heterocycles. The lowest BCUT2D eigenvalue weighted by molar-refractivity contribution is -0.902. The summed E-state index contributed by atoms with van der Waals surface area (Å²) in [6.07, 6.45) is 0. The van der Waals surface area contributed by atoms with E-state index in [-0.39, 0.29) is 10.8 Å². The van der Waals surface area contributed by atoms with Gasteiger partial charge in [-0.15, -0.1) is 0 Å². The van der Waals surface area contributed by atoms with Crippen molar-refractivity contribution < 1.29 is 22.5 Å². The van der Waals surface area contributed by atoms with E-state index in [1.807, 2.05) is 0 Å². The third-order valence-electron chi connectivity index (χ3n) is 3.72. The van der Waals surface area contributed by atoms with Gasteiger partial charge in [0.1, 0.15) is 5.82 Å². The lowest BCUT2D eigenvalue weighted by Gasteiger charge is -2.31. The minimum atomic E-state index is -3.63. The Hall–Kier alpha value is -1.51. The minimum absolute atomic E-state index is 0.00537. The van der Waals surface area contributed by atoms with Crippen LogP contribution in [0.4, 0.5) is 4.39 Å². The summed E-state index contributed by atoms with van der Waals surface area (Å²) < 4.78 is 39.5. The average Bonchev–Trinajstić information content (AvgIpc) is 2.47. The quantitative estimate of drug-likeness (QED) is 0.716. The summed E-state index contributed by atoms with van der Waals surface area (Å²) in [5.74, 6) is -0.618. The number of hydrogen-bond acceptors (Lipinski definition) is 3. The van der Waals surface area contributed by atoms with Crippen LogP contribution in [0.5, 0.6) is 0 Å². The van der Waals surface area contributed by atoms with Crippen molar-refractivity contribution in [2.45, 2.75) is 11.8 Å². The van der Waals surface area contributed by atoms with E-state index < -0.39 is 15.8 Å². The van der Waals surface area contributed by atoms with E-state index in [2.05, 4.69) is 5.32 Å². The maximum absolute atomic E-state index is 13.2. The summed E-state index contributed by atoms with van der Waals surface area (Å²) >= 11 is 0. The van der Waals surface area contributed by atoms with E-state index in [1.54, 1.807) is 0 Å². The molecule has 0 aliphatic carbocycles. The number of sulfonamides is 1. The normalized spacial score (nSPS) is 17.4. The largest absolute Gasteiger partial charge is 0.351 e. The van der Waals surface area contributed by atoms with E-state index in [9.17, 15) is 17.6 Å². The molecular weight excluding hydrogens is 309 g/mol. The van der Waals surface area contributed by atoms with Gasteiger partial charge in [-0.05, 0) is 18.2 Å². The molecule has 0 atom stereocenters. The first-order valence-corrected chi connectivity index (χ1v) is 8.67. The van der Waals surface area contributed by atoms with Crippen molar-refractivity contribution in [2.24, 2.45) is 0 Å². The summed E-state index contributed by atoms with van der Waals surface area (Å²) in [5, 5.41) is 2.73. The topological polar surface area (TPSA) is 70.9 Å². The molecule has 1 aliphatic heterocycles. The number of rotatable bonds is 5. The average molecular weight is 330 g/mol. The molecule has 122 valence electrons. The molecule has 1 fully saturated rings. The molecule has 1 amide bonds. The maximum Gasteiger partial charge on any atom is 0.243 e. The van der Waals surface area contributed by atoms with Crippen LogP contribution in [0, 0.1) is 5.82 Å². The van der Waals surface area contributed by atoms with Crippen molar-refractivity contribution in [3.8, 4) is 0 Å². The van der Waals surface area contributed by atoms with Crippen molar-refractivity contribution in [3.05, 3.63) is 30.1 Å². The molecular formula is C14H21FN3O3S+. The Bertz CT molecular complexity index is 628. The van der Waals surface area contributed by atoms with Crippen LogP contribution >= 0.6 is 0 Å². The van der Waals surface area contributed by atoms with E-state index in [1.165, 1.54) is 34.3 Å². The SMILES string of the molecule is CC(=O)NCC[NH+]1CCN(S(=O)(=O)c2cccc(F)c2)CC1. The van der Waals surface area contributed by atoms with Crippen LogP contribution in [0.1, 0.15) is 6.92 Å². The molecule has 6 nitrogen and oxygen atoms in total. The predicted octanol–water partition coefficient (Wildman–Crippen LogP) is -1.15. The Kier molecular flexibility index (Phi) is 5.49. The maximum atomic E-state index is 13.2. The van der Waals surface area contributed by atoms with E-state index in [0.29, 0.717) is 32.7 Å². The molecule has 0 saturated carbocycles. The second-order valence-corrected chi connectivity index (χ2v) is 7.28. The Labute approximate surface area is 130 Å². The number of piperazine rings is 1. The van der Waals surface area contributed by atoms with Gasteiger partial charge in [0, 0.05) is 6.92 Å². The van der Waals surface area contributed by atoms with Gasteiger partial charge in [-0.2, -0.15) is 4.31 Å². The van der Waals surface area contributed by atoms with E-state index >= 15 is 0 Å². The van der Waals surface area contributed by atoms with Crippen molar-refractivity contribution in [1.82, 2.24) is 9.62 Å². The standard InChI is InChI=1S/C14H20FN3O3S/c1-12(19)16-5-6-17-7-9-18(10-8-17)22(20,21)14-4-2-3-13(15)11-14/h2-4,11H,5-10H2,1H3,(H,16,19)/p+1. The van der Waals surface area contributed by atoms with Crippen LogP contribution in [0.2, 0.25) is 0 Å². The molecule has 1 heterocycles. The highest BCUT2D eigenvalue weighted by Gasteiger charge is 2.30. The first-order valence-electron chi connectivity index (χ1n) is 7.23. The van der Waals surface area contributed by atoms with Crippen molar-refractivity contribution in [2.75, 3.05) is 39.3 Å². The second kappa shape index (κ2) is 7.17. The summed E-state index contributed by atoms with van der Waals surface area (Å²) in [6, 6.07) is 5.08. The fraction of sp³-hybridized carbons (Fsp3) is 0.500. The predicted molar refractivity (Wildman–Crippen MR) is 79.4 cm³/mol. The highest BCUT2D eigenvalue weighted by Crippen LogP contribution is 2.16. The molecule has 0 spiro atoms. The van der Waals surface area contributed by atoms with Crippen LogP contribution in [-0.4, -0.2) is 57.9 Å². The summed E-state index contributed by atoms with van der Waals surface area (Å²) in [4.78, 5) is 12.1. The molecule has 2 N–H and O–H groups in total. The van der Waals surface area contributed by atoms with Gasteiger partial charge in [0.25, 0.3) is 0 Å². The monoisotopic (exact) mass is 330 g/mol. The summed E-state index contributed by atoms with van der Waals surface area (Å²) in [6.45, 7) is 4.97. The lowest BCUT2D eigenvalue weighted by Crippen LogP contribution is -3.15. The number of carbonyl (C=O) groups is 1. The molecule has 22 heavy (non-hydrogen) atoms. The zero-order chi connectivity index (χ0) is 16.2. The summed E-state index contributed by atoms with van der Waals surface area (Å²) in [5.41, 5.74) is 0. The third-order valence-corrected chi connectivity index (χ3v) is 5.61. The van der Waals surface area contributed by atoms with Gasteiger partial charge in [0.2, 0.25) is 15.9 Å². The number of halogens is 1. The molecule has 1 aliphatic rings. The number of quaternary nitrogens is 1. The van der Waals surface area contributed by atoms with Gasteiger partial charge in [0.05, 0.1) is 44.2 Å². The van der Waals surface area contributed by atoms with Gasteiger partial charge < -0.3 is 10.2 Å². The zero-order valence-corrected chi connectivity index (χ0v) is 13.3. The molecule has 0 radical (unpaired) electrons. The highest BCUT2D eigenvalue weighted by molar-refractivity contribution is 7.89.